The highest BCUT2D eigenvalue weighted by molar-refractivity contribution is 5.83. The van der Waals surface area contributed by atoms with Crippen LogP contribution in [0.2, 0.25) is 0 Å². The molecule has 0 aliphatic carbocycles. The van der Waals surface area contributed by atoms with Crippen molar-refractivity contribution in [2.75, 3.05) is 19.7 Å². The van der Waals surface area contributed by atoms with Crippen LogP contribution in [-0.2, 0) is 28.6 Å². The molecule has 0 saturated heterocycles. The van der Waals surface area contributed by atoms with Gasteiger partial charge in [0.25, 0.3) is 5.72 Å². The molecule has 6 N–H and O–H groups in total. The van der Waals surface area contributed by atoms with Gasteiger partial charge in [-0.15, -0.1) is 0 Å². The molecule has 0 bridgehead atoms. The van der Waals surface area contributed by atoms with E-state index in [9.17, 15) is 14.4 Å². The molecule has 24 heavy (non-hydrogen) atoms. The number of hydrogen-bond acceptors (Lipinski definition) is 9. The van der Waals surface area contributed by atoms with Crippen molar-refractivity contribution >= 4 is 17.9 Å². The lowest BCUT2D eigenvalue weighted by Crippen LogP contribution is -2.55. The van der Waals surface area contributed by atoms with E-state index >= 15 is 0 Å². The van der Waals surface area contributed by atoms with Gasteiger partial charge >= 0.3 is 17.9 Å². The standard InChI is InChI=1S/C15H29N3O6/c1-14(2,3)24-13(21)15(18,23-12(20)10-17)7-5-4-6-8-22-11(19)9-16/h4-10,16-18H2,1-3H3. The lowest BCUT2D eigenvalue weighted by Gasteiger charge is -2.30. The summed E-state index contributed by atoms with van der Waals surface area (Å²) in [5.41, 5.74) is 13.6. The van der Waals surface area contributed by atoms with E-state index in [1.807, 2.05) is 0 Å². The Labute approximate surface area is 142 Å². The van der Waals surface area contributed by atoms with Gasteiger partial charge in [-0.2, -0.15) is 0 Å². The molecule has 0 spiro atoms. The van der Waals surface area contributed by atoms with Crippen molar-refractivity contribution in [3.05, 3.63) is 0 Å². The minimum absolute atomic E-state index is 0.0679. The van der Waals surface area contributed by atoms with Gasteiger partial charge in [0.1, 0.15) is 5.60 Å². The second-order valence-corrected chi connectivity index (χ2v) is 6.30. The molecule has 0 aliphatic heterocycles. The van der Waals surface area contributed by atoms with Crippen molar-refractivity contribution in [3.63, 3.8) is 0 Å². The van der Waals surface area contributed by atoms with Gasteiger partial charge in [-0.1, -0.05) is 0 Å². The highest BCUT2D eigenvalue weighted by atomic mass is 16.6. The van der Waals surface area contributed by atoms with Crippen LogP contribution in [0.5, 0.6) is 0 Å². The van der Waals surface area contributed by atoms with Crippen molar-refractivity contribution in [1.82, 2.24) is 0 Å². The summed E-state index contributed by atoms with van der Waals surface area (Å²) in [7, 11) is 0. The largest absolute Gasteiger partial charge is 0.465 e. The Morgan fingerprint density at radius 3 is 1.96 bits per heavy atom. The number of esters is 3. The van der Waals surface area contributed by atoms with Gasteiger partial charge in [0.15, 0.2) is 0 Å². The molecule has 9 nitrogen and oxygen atoms in total. The molecule has 1 unspecified atom stereocenters. The average Bonchev–Trinajstić information content (AvgIpc) is 2.48. The second-order valence-electron chi connectivity index (χ2n) is 6.30. The van der Waals surface area contributed by atoms with E-state index < -0.39 is 35.8 Å². The molecule has 0 aromatic carbocycles. The van der Waals surface area contributed by atoms with Crippen LogP contribution in [0.25, 0.3) is 0 Å². The van der Waals surface area contributed by atoms with Gasteiger partial charge in [0, 0.05) is 6.42 Å². The topological polar surface area (TPSA) is 157 Å². The molecule has 0 fully saturated rings. The number of unbranched alkanes of at least 4 members (excludes halogenated alkanes) is 2. The van der Waals surface area contributed by atoms with Crippen LogP contribution in [0.3, 0.4) is 0 Å². The lowest BCUT2D eigenvalue weighted by molar-refractivity contribution is -0.190. The smallest absolute Gasteiger partial charge is 0.366 e. The van der Waals surface area contributed by atoms with E-state index in [0.29, 0.717) is 19.3 Å². The van der Waals surface area contributed by atoms with Crippen LogP contribution in [0.15, 0.2) is 0 Å². The molecule has 140 valence electrons. The molecule has 0 rings (SSSR count). The molecule has 0 amide bonds. The minimum atomic E-state index is -1.89. The van der Waals surface area contributed by atoms with Gasteiger partial charge < -0.3 is 25.7 Å². The lowest BCUT2D eigenvalue weighted by atomic mass is 10.0. The average molecular weight is 347 g/mol. The first kappa shape index (κ1) is 22.3. The third kappa shape index (κ3) is 9.43. The molecule has 0 saturated carbocycles. The predicted octanol–water partition coefficient (Wildman–Crippen LogP) is -0.453. The van der Waals surface area contributed by atoms with Crippen LogP contribution in [-0.4, -0.2) is 48.9 Å². The van der Waals surface area contributed by atoms with Crippen LogP contribution in [0, 0.1) is 0 Å². The van der Waals surface area contributed by atoms with Gasteiger partial charge in [0.2, 0.25) is 0 Å². The summed E-state index contributed by atoms with van der Waals surface area (Å²) < 4.78 is 15.0. The molecule has 0 aromatic heterocycles. The Bertz CT molecular complexity index is 435. The molecular formula is C15H29N3O6. The molecule has 0 heterocycles. The van der Waals surface area contributed by atoms with Crippen molar-refractivity contribution in [2.24, 2.45) is 17.2 Å². The Hall–Kier alpha value is -1.71. The van der Waals surface area contributed by atoms with Crippen molar-refractivity contribution in [3.8, 4) is 0 Å². The summed E-state index contributed by atoms with van der Waals surface area (Å²) in [6.45, 7) is 4.71. The fourth-order valence-electron chi connectivity index (χ4n) is 1.72. The highest BCUT2D eigenvalue weighted by Gasteiger charge is 2.41. The van der Waals surface area contributed by atoms with Crippen LogP contribution < -0.4 is 17.2 Å². The number of rotatable bonds is 10. The maximum absolute atomic E-state index is 12.2. The Morgan fingerprint density at radius 2 is 1.46 bits per heavy atom. The second kappa shape index (κ2) is 10.2. The molecule has 9 heteroatoms. The number of nitrogens with two attached hydrogens (primary N) is 3. The van der Waals surface area contributed by atoms with Gasteiger partial charge in [-0.25, -0.2) is 4.79 Å². The molecule has 1 atom stereocenters. The summed E-state index contributed by atoms with van der Waals surface area (Å²) in [6, 6.07) is 0. The zero-order chi connectivity index (χ0) is 18.8. The quantitative estimate of drug-likeness (QED) is 0.206. The SMILES string of the molecule is CC(C)(C)OC(=O)C(N)(CCCCCOC(=O)CN)OC(=O)CN. The normalized spacial score (nSPS) is 13.8. The predicted molar refractivity (Wildman–Crippen MR) is 86.4 cm³/mol. The maximum atomic E-state index is 12.2. The van der Waals surface area contributed by atoms with E-state index in [4.69, 9.17) is 31.4 Å². The summed E-state index contributed by atoms with van der Waals surface area (Å²) in [5, 5.41) is 0. The minimum Gasteiger partial charge on any atom is -0.465 e. The number of carbonyl (C=O) groups is 3. The van der Waals surface area contributed by atoms with E-state index in [1.54, 1.807) is 20.8 Å². The molecular weight excluding hydrogens is 318 g/mol. The molecule has 0 aromatic rings. The fourth-order valence-corrected chi connectivity index (χ4v) is 1.72. The number of carbonyl (C=O) groups excluding carboxylic acids is 3. The van der Waals surface area contributed by atoms with E-state index in [1.165, 1.54) is 0 Å². The van der Waals surface area contributed by atoms with Crippen molar-refractivity contribution in [1.29, 1.82) is 0 Å². The molecule has 0 aliphatic rings. The Morgan fingerprint density at radius 1 is 0.875 bits per heavy atom. The summed E-state index contributed by atoms with van der Waals surface area (Å²) in [4.78, 5) is 34.6. The first-order valence-electron chi connectivity index (χ1n) is 7.84. The zero-order valence-electron chi connectivity index (χ0n) is 14.6. The summed E-state index contributed by atoms with van der Waals surface area (Å²) >= 11 is 0. The summed E-state index contributed by atoms with van der Waals surface area (Å²) in [6.07, 6.45) is 1.72. The van der Waals surface area contributed by atoms with Crippen LogP contribution >= 0.6 is 0 Å². The van der Waals surface area contributed by atoms with E-state index in [2.05, 4.69) is 0 Å². The first-order valence-corrected chi connectivity index (χ1v) is 7.84. The maximum Gasteiger partial charge on any atom is 0.366 e. The molecule has 0 radical (unpaired) electrons. The third-order valence-electron chi connectivity index (χ3n) is 2.83. The van der Waals surface area contributed by atoms with Gasteiger partial charge in [-0.3, -0.25) is 15.3 Å². The fraction of sp³-hybridized carbons (Fsp3) is 0.800. The highest BCUT2D eigenvalue weighted by Crippen LogP contribution is 2.20. The van der Waals surface area contributed by atoms with E-state index in [-0.39, 0.29) is 19.6 Å². The zero-order valence-corrected chi connectivity index (χ0v) is 14.6. The van der Waals surface area contributed by atoms with Crippen LogP contribution in [0.1, 0.15) is 46.5 Å². The Kier molecular flexibility index (Phi) is 9.49. The third-order valence-corrected chi connectivity index (χ3v) is 2.83. The van der Waals surface area contributed by atoms with Crippen molar-refractivity contribution in [2.45, 2.75) is 57.8 Å². The van der Waals surface area contributed by atoms with E-state index in [0.717, 1.165) is 0 Å². The van der Waals surface area contributed by atoms with Gasteiger partial charge in [0.05, 0.1) is 19.7 Å². The van der Waals surface area contributed by atoms with Crippen molar-refractivity contribution < 1.29 is 28.6 Å². The number of hydrogen-bond donors (Lipinski definition) is 3. The summed E-state index contributed by atoms with van der Waals surface area (Å²) in [5.74, 6) is -2.10. The Balaban J connectivity index is 4.53. The van der Waals surface area contributed by atoms with Gasteiger partial charge in [-0.05, 0) is 40.0 Å². The van der Waals surface area contributed by atoms with Crippen LogP contribution in [0.4, 0.5) is 0 Å². The first-order chi connectivity index (χ1) is 11.0. The monoisotopic (exact) mass is 347 g/mol. The number of ether oxygens (including phenoxy) is 3.